The second-order valence-corrected chi connectivity index (χ2v) is 2.92. The lowest BCUT2D eigenvalue weighted by Gasteiger charge is -1.98. The Morgan fingerprint density at radius 2 is 2.31 bits per heavy atom. The molecule has 0 aliphatic rings. The van der Waals surface area contributed by atoms with Crippen LogP contribution in [0.5, 0.6) is 0 Å². The first kappa shape index (κ1) is 10.0. The molecule has 0 radical (unpaired) electrons. The van der Waals surface area contributed by atoms with Crippen molar-refractivity contribution in [3.63, 3.8) is 0 Å². The van der Waals surface area contributed by atoms with Crippen LogP contribution in [0.1, 0.15) is 16.3 Å². The first-order valence-corrected chi connectivity index (χ1v) is 4.34. The Balaban J connectivity index is 2.37. The third-order valence-corrected chi connectivity index (χ3v) is 1.87. The lowest BCUT2D eigenvalue weighted by atomic mass is 10.4. The summed E-state index contributed by atoms with van der Waals surface area (Å²) >= 11 is 0. The van der Waals surface area contributed by atoms with E-state index in [1.165, 1.54) is 10.6 Å². The SMILES string of the molecule is O=Cc1ccc2nnc(CNC(=O)O)n2n1. The Kier molecular flexibility index (Phi) is 2.46. The van der Waals surface area contributed by atoms with E-state index in [-0.39, 0.29) is 12.2 Å². The number of nitrogens with zero attached hydrogens (tertiary/aromatic N) is 4. The fraction of sp³-hybridized carbons (Fsp3) is 0.125. The summed E-state index contributed by atoms with van der Waals surface area (Å²) in [6.45, 7) is -0.0220. The highest BCUT2D eigenvalue weighted by atomic mass is 16.4. The van der Waals surface area contributed by atoms with Gasteiger partial charge in [0.15, 0.2) is 17.8 Å². The molecule has 0 aliphatic heterocycles. The molecule has 0 unspecified atom stereocenters. The zero-order valence-electron chi connectivity index (χ0n) is 7.99. The van der Waals surface area contributed by atoms with Crippen molar-refractivity contribution in [1.29, 1.82) is 0 Å². The third-order valence-electron chi connectivity index (χ3n) is 1.87. The minimum Gasteiger partial charge on any atom is -0.465 e. The molecule has 2 aromatic rings. The number of aromatic nitrogens is 4. The molecule has 0 fully saturated rings. The third kappa shape index (κ3) is 1.80. The van der Waals surface area contributed by atoms with Crippen LogP contribution in [0.15, 0.2) is 12.1 Å². The molecule has 0 saturated carbocycles. The van der Waals surface area contributed by atoms with Gasteiger partial charge in [0.2, 0.25) is 0 Å². The second-order valence-electron chi connectivity index (χ2n) is 2.92. The number of fused-ring (bicyclic) bond motifs is 1. The number of amides is 1. The molecule has 2 N–H and O–H groups in total. The highest BCUT2D eigenvalue weighted by Crippen LogP contribution is 2.01. The van der Waals surface area contributed by atoms with Crippen molar-refractivity contribution < 1.29 is 14.7 Å². The number of carbonyl (C=O) groups is 2. The van der Waals surface area contributed by atoms with Gasteiger partial charge >= 0.3 is 6.09 Å². The van der Waals surface area contributed by atoms with Crippen LogP contribution in [-0.4, -0.2) is 37.3 Å². The summed E-state index contributed by atoms with van der Waals surface area (Å²) in [6, 6.07) is 3.08. The Morgan fingerprint density at radius 3 is 3.00 bits per heavy atom. The van der Waals surface area contributed by atoms with Crippen LogP contribution >= 0.6 is 0 Å². The van der Waals surface area contributed by atoms with Gasteiger partial charge in [0.05, 0.1) is 6.54 Å². The van der Waals surface area contributed by atoms with Gasteiger partial charge in [0.1, 0.15) is 5.69 Å². The van der Waals surface area contributed by atoms with Gasteiger partial charge in [-0.1, -0.05) is 0 Å². The predicted molar refractivity (Wildman–Crippen MR) is 51.0 cm³/mol. The van der Waals surface area contributed by atoms with Gasteiger partial charge in [0.25, 0.3) is 0 Å². The lowest BCUT2D eigenvalue weighted by Crippen LogP contribution is -2.21. The Labute approximate surface area is 88.9 Å². The molecular formula is C8H7N5O3. The summed E-state index contributed by atoms with van der Waals surface area (Å²) in [5.41, 5.74) is 0.677. The van der Waals surface area contributed by atoms with E-state index in [2.05, 4.69) is 20.6 Å². The summed E-state index contributed by atoms with van der Waals surface area (Å²) in [6.07, 6.45) is -0.573. The molecule has 0 aliphatic carbocycles. The Hall–Kier alpha value is -2.51. The van der Waals surface area contributed by atoms with Gasteiger partial charge in [-0.25, -0.2) is 4.79 Å². The normalized spacial score (nSPS) is 10.2. The zero-order valence-corrected chi connectivity index (χ0v) is 7.99. The van der Waals surface area contributed by atoms with Gasteiger partial charge in [-0.05, 0) is 12.1 Å². The average Bonchev–Trinajstić information content (AvgIpc) is 2.68. The van der Waals surface area contributed by atoms with Crippen molar-refractivity contribution in [1.82, 2.24) is 25.1 Å². The van der Waals surface area contributed by atoms with Crippen molar-refractivity contribution in [3.8, 4) is 0 Å². The zero-order chi connectivity index (χ0) is 11.5. The molecule has 8 nitrogen and oxygen atoms in total. The van der Waals surface area contributed by atoms with Crippen molar-refractivity contribution >= 4 is 18.0 Å². The van der Waals surface area contributed by atoms with Crippen molar-refractivity contribution in [3.05, 3.63) is 23.7 Å². The highest BCUT2D eigenvalue weighted by molar-refractivity contribution is 5.71. The highest BCUT2D eigenvalue weighted by Gasteiger charge is 2.08. The molecule has 82 valence electrons. The molecule has 8 heteroatoms. The Morgan fingerprint density at radius 1 is 1.50 bits per heavy atom. The van der Waals surface area contributed by atoms with E-state index in [1.807, 2.05) is 0 Å². The van der Waals surface area contributed by atoms with E-state index < -0.39 is 6.09 Å². The van der Waals surface area contributed by atoms with Gasteiger partial charge in [-0.3, -0.25) is 4.79 Å². The van der Waals surface area contributed by atoms with Crippen molar-refractivity contribution in [2.24, 2.45) is 0 Å². The molecule has 2 rings (SSSR count). The lowest BCUT2D eigenvalue weighted by molar-refractivity contribution is 0.111. The maximum atomic E-state index is 10.5. The van der Waals surface area contributed by atoms with E-state index in [0.29, 0.717) is 17.8 Å². The van der Waals surface area contributed by atoms with E-state index >= 15 is 0 Å². The molecule has 2 aromatic heterocycles. The second kappa shape index (κ2) is 3.93. The van der Waals surface area contributed by atoms with Crippen molar-refractivity contribution in [2.75, 3.05) is 0 Å². The standard InChI is InChI=1S/C8H7N5O3/c14-4-5-1-2-6-10-11-7(13(6)12-5)3-9-8(15)16/h1-2,4,9H,3H2,(H,15,16). The predicted octanol–water partition coefficient (Wildman–Crippen LogP) is -0.296. The van der Waals surface area contributed by atoms with Crippen LogP contribution in [0.3, 0.4) is 0 Å². The molecule has 0 saturated heterocycles. The summed E-state index contributed by atoms with van der Waals surface area (Å²) in [5, 5.41) is 22.0. The van der Waals surface area contributed by atoms with Crippen LogP contribution in [0, 0.1) is 0 Å². The molecule has 2 heterocycles. The van der Waals surface area contributed by atoms with E-state index in [9.17, 15) is 9.59 Å². The quantitative estimate of drug-likeness (QED) is 0.689. The summed E-state index contributed by atoms with van der Waals surface area (Å²) in [7, 11) is 0. The van der Waals surface area contributed by atoms with E-state index in [1.54, 1.807) is 6.07 Å². The minimum atomic E-state index is -1.16. The number of hydrogen-bond acceptors (Lipinski definition) is 5. The molecular weight excluding hydrogens is 214 g/mol. The maximum absolute atomic E-state index is 10.5. The number of hydrogen-bond donors (Lipinski definition) is 2. The summed E-state index contributed by atoms with van der Waals surface area (Å²) in [5.74, 6) is 0.320. The number of aldehydes is 1. The van der Waals surface area contributed by atoms with Crippen LogP contribution < -0.4 is 5.32 Å². The summed E-state index contributed by atoms with van der Waals surface area (Å²) < 4.78 is 1.32. The van der Waals surface area contributed by atoms with Crippen LogP contribution in [-0.2, 0) is 6.54 Å². The van der Waals surface area contributed by atoms with Gasteiger partial charge < -0.3 is 10.4 Å². The van der Waals surface area contributed by atoms with Gasteiger partial charge in [0, 0.05) is 0 Å². The van der Waals surface area contributed by atoms with Crippen molar-refractivity contribution in [2.45, 2.75) is 6.54 Å². The van der Waals surface area contributed by atoms with Gasteiger partial charge in [-0.2, -0.15) is 9.61 Å². The van der Waals surface area contributed by atoms with E-state index in [4.69, 9.17) is 5.11 Å². The number of carboxylic acid groups (broad SMARTS) is 1. The Bertz CT molecular complexity index is 550. The molecule has 0 bridgehead atoms. The average molecular weight is 221 g/mol. The molecule has 0 aromatic carbocycles. The fourth-order valence-corrected chi connectivity index (χ4v) is 1.18. The first-order chi connectivity index (χ1) is 7.70. The first-order valence-electron chi connectivity index (χ1n) is 4.34. The topological polar surface area (TPSA) is 109 Å². The minimum absolute atomic E-state index is 0.0220. The summed E-state index contributed by atoms with van der Waals surface area (Å²) in [4.78, 5) is 20.8. The molecule has 1 amide bonds. The largest absolute Gasteiger partial charge is 0.465 e. The molecule has 0 spiro atoms. The smallest absolute Gasteiger partial charge is 0.405 e. The van der Waals surface area contributed by atoms with Crippen LogP contribution in [0.25, 0.3) is 5.65 Å². The number of rotatable bonds is 3. The van der Waals surface area contributed by atoms with Crippen LogP contribution in [0.2, 0.25) is 0 Å². The van der Waals surface area contributed by atoms with E-state index in [0.717, 1.165) is 0 Å². The molecule has 16 heavy (non-hydrogen) atoms. The number of carbonyl (C=O) groups excluding carboxylic acids is 1. The monoisotopic (exact) mass is 221 g/mol. The maximum Gasteiger partial charge on any atom is 0.405 e. The fourth-order valence-electron chi connectivity index (χ4n) is 1.18. The van der Waals surface area contributed by atoms with Crippen LogP contribution in [0.4, 0.5) is 4.79 Å². The van der Waals surface area contributed by atoms with Gasteiger partial charge in [-0.15, -0.1) is 10.2 Å². The molecule has 0 atom stereocenters. The number of nitrogens with one attached hydrogen (secondary N) is 1.